The van der Waals surface area contributed by atoms with Crippen molar-refractivity contribution in [1.29, 1.82) is 0 Å². The number of esters is 3. The van der Waals surface area contributed by atoms with Gasteiger partial charge in [0, 0.05) is 6.08 Å². The molecule has 0 N–H and O–H groups in total. The van der Waals surface area contributed by atoms with Gasteiger partial charge in [-0.05, 0) is 33.6 Å². The molecular weight excluding hydrogens is 328 g/mol. The van der Waals surface area contributed by atoms with Crippen LogP contribution in [0.4, 0.5) is 0 Å². The lowest BCUT2D eigenvalue weighted by Crippen LogP contribution is -2.39. The summed E-state index contributed by atoms with van der Waals surface area (Å²) < 4.78 is 20.2. The van der Waals surface area contributed by atoms with Crippen molar-refractivity contribution in [3.63, 3.8) is 0 Å². The Kier molecular flexibility index (Phi) is 7.60. The van der Waals surface area contributed by atoms with E-state index in [0.29, 0.717) is 13.0 Å². The average Bonchev–Trinajstić information content (AvgIpc) is 3.39. The van der Waals surface area contributed by atoms with Crippen LogP contribution in [0.3, 0.4) is 0 Å². The zero-order valence-corrected chi connectivity index (χ0v) is 15.5. The van der Waals surface area contributed by atoms with Crippen molar-refractivity contribution >= 4 is 17.9 Å². The summed E-state index contributed by atoms with van der Waals surface area (Å²) in [6.07, 6.45) is 1.83. The van der Waals surface area contributed by atoms with Crippen molar-refractivity contribution in [3.8, 4) is 0 Å². The molecule has 1 aliphatic heterocycles. The van der Waals surface area contributed by atoms with E-state index in [2.05, 4.69) is 6.58 Å². The van der Waals surface area contributed by atoms with E-state index in [1.807, 2.05) is 6.92 Å². The second-order valence-corrected chi connectivity index (χ2v) is 7.04. The van der Waals surface area contributed by atoms with E-state index >= 15 is 0 Å². The van der Waals surface area contributed by atoms with Gasteiger partial charge in [0.25, 0.3) is 0 Å². The smallest absolute Gasteiger partial charge is 0.330 e. The molecule has 0 radical (unpaired) electrons. The highest BCUT2D eigenvalue weighted by Crippen LogP contribution is 2.38. The van der Waals surface area contributed by atoms with Gasteiger partial charge in [-0.2, -0.15) is 0 Å². The van der Waals surface area contributed by atoms with Gasteiger partial charge in [0.2, 0.25) is 0 Å². The van der Waals surface area contributed by atoms with Crippen LogP contribution in [0.1, 0.15) is 40.5 Å². The number of hydrogen-bond acceptors (Lipinski definition) is 7. The highest BCUT2D eigenvalue weighted by atomic mass is 16.6. The topological polar surface area (TPSA) is 91.4 Å². The average molecular weight is 356 g/mol. The van der Waals surface area contributed by atoms with Crippen LogP contribution in [0.25, 0.3) is 0 Å². The second-order valence-electron chi connectivity index (χ2n) is 7.04. The molecule has 25 heavy (non-hydrogen) atoms. The summed E-state index contributed by atoms with van der Waals surface area (Å²) in [5, 5.41) is 0. The Balaban J connectivity index is 2.53. The van der Waals surface area contributed by atoms with Crippen LogP contribution in [0.15, 0.2) is 12.7 Å². The molecule has 142 valence electrons. The molecule has 0 aromatic carbocycles. The summed E-state index contributed by atoms with van der Waals surface area (Å²) in [5.74, 6) is -1.37. The molecule has 0 aliphatic carbocycles. The normalized spacial score (nSPS) is 18.6. The van der Waals surface area contributed by atoms with Crippen molar-refractivity contribution in [1.82, 2.24) is 0 Å². The van der Waals surface area contributed by atoms with E-state index in [1.54, 1.807) is 20.8 Å². The zero-order valence-electron chi connectivity index (χ0n) is 15.5. The Hall–Kier alpha value is -1.89. The number of carbonyl (C=O) groups is 3. The van der Waals surface area contributed by atoms with Gasteiger partial charge in [0.05, 0.1) is 17.4 Å². The SMILES string of the molecule is C=CC(=O)OCCOC(=O)C(C)(CC)CC(C)(C)C(=O)OCC1CO1. The van der Waals surface area contributed by atoms with E-state index < -0.39 is 22.8 Å². The van der Waals surface area contributed by atoms with Crippen molar-refractivity contribution in [2.24, 2.45) is 10.8 Å². The molecule has 1 fully saturated rings. The van der Waals surface area contributed by atoms with Gasteiger partial charge in [-0.3, -0.25) is 9.59 Å². The predicted molar refractivity (Wildman–Crippen MR) is 89.6 cm³/mol. The van der Waals surface area contributed by atoms with Crippen molar-refractivity contribution in [3.05, 3.63) is 12.7 Å². The Morgan fingerprint density at radius 2 is 1.72 bits per heavy atom. The Morgan fingerprint density at radius 1 is 1.12 bits per heavy atom. The number of epoxide rings is 1. The minimum absolute atomic E-state index is 0.000509. The fourth-order valence-electron chi connectivity index (χ4n) is 2.43. The molecule has 0 aromatic rings. The molecule has 1 aliphatic rings. The monoisotopic (exact) mass is 356 g/mol. The Labute approximate surface area is 148 Å². The Bertz CT molecular complexity index is 508. The minimum Gasteiger partial charge on any atom is -0.462 e. The first-order valence-corrected chi connectivity index (χ1v) is 8.40. The lowest BCUT2D eigenvalue weighted by atomic mass is 9.72. The number of ether oxygens (including phenoxy) is 4. The lowest BCUT2D eigenvalue weighted by Gasteiger charge is -2.33. The third kappa shape index (κ3) is 6.86. The zero-order chi connectivity index (χ0) is 19.1. The first-order chi connectivity index (χ1) is 11.6. The van der Waals surface area contributed by atoms with Crippen LogP contribution in [-0.2, 0) is 33.3 Å². The number of rotatable bonds is 11. The van der Waals surface area contributed by atoms with Crippen molar-refractivity contribution in [2.75, 3.05) is 26.4 Å². The fourth-order valence-corrected chi connectivity index (χ4v) is 2.43. The van der Waals surface area contributed by atoms with Gasteiger partial charge in [-0.25, -0.2) is 4.79 Å². The van der Waals surface area contributed by atoms with Crippen LogP contribution in [0.5, 0.6) is 0 Å². The van der Waals surface area contributed by atoms with Crippen LogP contribution < -0.4 is 0 Å². The standard InChI is InChI=1S/C18H28O7/c1-6-14(19)22-8-9-23-16(21)18(5,7-2)12-17(3,4)15(20)25-11-13-10-24-13/h6,13H,1,7-12H2,2-5H3. The highest BCUT2D eigenvalue weighted by Gasteiger charge is 2.43. The van der Waals surface area contributed by atoms with Gasteiger partial charge in [0.15, 0.2) is 0 Å². The molecule has 7 nitrogen and oxygen atoms in total. The van der Waals surface area contributed by atoms with Gasteiger partial charge in [-0.1, -0.05) is 13.5 Å². The molecule has 0 amide bonds. The maximum Gasteiger partial charge on any atom is 0.330 e. The molecule has 1 rings (SSSR count). The number of hydrogen-bond donors (Lipinski definition) is 0. The molecule has 0 spiro atoms. The molecule has 0 aromatic heterocycles. The van der Waals surface area contributed by atoms with Gasteiger partial charge < -0.3 is 18.9 Å². The lowest BCUT2D eigenvalue weighted by molar-refractivity contribution is -0.165. The van der Waals surface area contributed by atoms with Crippen LogP contribution >= 0.6 is 0 Å². The maximum atomic E-state index is 12.4. The van der Waals surface area contributed by atoms with E-state index in [0.717, 1.165) is 6.08 Å². The molecule has 0 bridgehead atoms. The molecule has 1 heterocycles. The summed E-state index contributed by atoms with van der Waals surface area (Å²) in [7, 11) is 0. The third-order valence-corrected chi connectivity index (χ3v) is 4.19. The largest absolute Gasteiger partial charge is 0.462 e. The van der Waals surface area contributed by atoms with E-state index in [4.69, 9.17) is 18.9 Å². The second kappa shape index (κ2) is 8.99. The summed E-state index contributed by atoms with van der Waals surface area (Å²) in [6.45, 7) is 11.2. The molecule has 2 atom stereocenters. The summed E-state index contributed by atoms with van der Waals surface area (Å²) in [5.41, 5.74) is -1.69. The first-order valence-electron chi connectivity index (χ1n) is 8.40. The highest BCUT2D eigenvalue weighted by molar-refractivity contribution is 5.81. The molecule has 0 saturated carbocycles. The molecule has 7 heteroatoms. The third-order valence-electron chi connectivity index (χ3n) is 4.19. The van der Waals surface area contributed by atoms with Crippen LogP contribution in [0, 0.1) is 10.8 Å². The fraction of sp³-hybridized carbons (Fsp3) is 0.722. The number of carbonyl (C=O) groups excluding carboxylic acids is 3. The Morgan fingerprint density at radius 3 is 2.24 bits per heavy atom. The summed E-state index contributed by atoms with van der Waals surface area (Å²) in [6, 6.07) is 0. The van der Waals surface area contributed by atoms with E-state index in [1.165, 1.54) is 0 Å². The van der Waals surface area contributed by atoms with Crippen molar-refractivity contribution < 1.29 is 33.3 Å². The predicted octanol–water partition coefficient (Wildman–Crippen LogP) is 2.03. The van der Waals surface area contributed by atoms with Crippen LogP contribution in [-0.4, -0.2) is 50.4 Å². The van der Waals surface area contributed by atoms with E-state index in [9.17, 15) is 14.4 Å². The minimum atomic E-state index is -0.846. The van der Waals surface area contributed by atoms with Gasteiger partial charge in [-0.15, -0.1) is 0 Å². The van der Waals surface area contributed by atoms with Crippen LogP contribution in [0.2, 0.25) is 0 Å². The molecule has 1 saturated heterocycles. The van der Waals surface area contributed by atoms with Gasteiger partial charge >= 0.3 is 17.9 Å². The van der Waals surface area contributed by atoms with E-state index in [-0.39, 0.29) is 38.3 Å². The summed E-state index contributed by atoms with van der Waals surface area (Å²) in [4.78, 5) is 35.7. The maximum absolute atomic E-state index is 12.4. The quantitative estimate of drug-likeness (QED) is 0.184. The molecular formula is C18H28O7. The van der Waals surface area contributed by atoms with Gasteiger partial charge in [0.1, 0.15) is 25.9 Å². The summed E-state index contributed by atoms with van der Waals surface area (Å²) >= 11 is 0. The molecule has 2 unspecified atom stereocenters. The first kappa shape index (κ1) is 21.2. The van der Waals surface area contributed by atoms with Crippen molar-refractivity contribution in [2.45, 2.75) is 46.6 Å².